The van der Waals surface area contributed by atoms with Gasteiger partial charge >= 0.3 is 0 Å². The van der Waals surface area contributed by atoms with Gasteiger partial charge in [-0.3, -0.25) is 4.79 Å². The van der Waals surface area contributed by atoms with E-state index >= 15 is 0 Å². The average molecular weight is 202 g/mol. The van der Waals surface area contributed by atoms with E-state index in [9.17, 15) is 4.79 Å². The number of nitrogens with two attached hydrogens (primary N) is 1. The van der Waals surface area contributed by atoms with Gasteiger partial charge in [0.2, 0.25) is 5.91 Å². The highest BCUT2D eigenvalue weighted by Crippen LogP contribution is 2.05. The number of nitrogens with one attached hydrogen (secondary N) is 1. The zero-order valence-corrected chi connectivity index (χ0v) is 9.29. The zero-order chi connectivity index (χ0) is 11.1. The second-order valence-corrected chi connectivity index (χ2v) is 3.89. The molecule has 4 heteroatoms. The minimum absolute atomic E-state index is 0.0186. The minimum atomic E-state index is -0.435. The summed E-state index contributed by atoms with van der Waals surface area (Å²) >= 11 is 0. The molecule has 0 spiro atoms. The van der Waals surface area contributed by atoms with E-state index in [0.717, 1.165) is 0 Å². The molecule has 2 atom stereocenters. The van der Waals surface area contributed by atoms with Crippen LogP contribution in [-0.2, 0) is 4.79 Å². The summed E-state index contributed by atoms with van der Waals surface area (Å²) in [5, 5.41) is 11.7. The highest BCUT2D eigenvalue weighted by atomic mass is 16.3. The summed E-state index contributed by atoms with van der Waals surface area (Å²) in [6.45, 7) is 5.99. The summed E-state index contributed by atoms with van der Waals surface area (Å²) < 4.78 is 0. The van der Waals surface area contributed by atoms with Gasteiger partial charge in [-0.2, -0.15) is 0 Å². The van der Waals surface area contributed by atoms with Crippen molar-refractivity contribution < 1.29 is 9.90 Å². The topological polar surface area (TPSA) is 75.4 Å². The summed E-state index contributed by atoms with van der Waals surface area (Å²) in [5.41, 5.74) is 5.59. The van der Waals surface area contributed by atoms with Crippen molar-refractivity contribution in [2.75, 3.05) is 6.61 Å². The molecule has 4 nitrogen and oxygen atoms in total. The van der Waals surface area contributed by atoms with E-state index in [2.05, 4.69) is 5.32 Å². The summed E-state index contributed by atoms with van der Waals surface area (Å²) in [5.74, 6) is 0.190. The van der Waals surface area contributed by atoms with Crippen LogP contribution < -0.4 is 11.1 Å². The second-order valence-electron chi connectivity index (χ2n) is 3.89. The number of carbonyl (C=O) groups is 1. The van der Waals surface area contributed by atoms with E-state index < -0.39 is 6.04 Å². The maximum absolute atomic E-state index is 11.4. The molecule has 84 valence electrons. The Bertz CT molecular complexity index is 172. The molecule has 0 rings (SSSR count). The molecule has 0 bridgehead atoms. The van der Waals surface area contributed by atoms with Crippen LogP contribution >= 0.6 is 0 Å². The largest absolute Gasteiger partial charge is 0.396 e. The molecule has 2 unspecified atom stereocenters. The molecule has 0 aromatic heterocycles. The van der Waals surface area contributed by atoms with Crippen LogP contribution in [0, 0.1) is 5.92 Å². The van der Waals surface area contributed by atoms with Crippen LogP contribution in [0.4, 0.5) is 0 Å². The van der Waals surface area contributed by atoms with Gasteiger partial charge in [-0.25, -0.2) is 0 Å². The maximum Gasteiger partial charge on any atom is 0.237 e. The maximum atomic E-state index is 11.4. The van der Waals surface area contributed by atoms with E-state index in [1.54, 1.807) is 0 Å². The molecular weight excluding hydrogens is 180 g/mol. The molecule has 4 N–H and O–H groups in total. The van der Waals surface area contributed by atoms with Crippen LogP contribution in [0.2, 0.25) is 0 Å². The van der Waals surface area contributed by atoms with Gasteiger partial charge in [-0.05, 0) is 18.8 Å². The standard InChI is InChI=1S/C10H22N2O2/c1-4-8(11)10(14)12-9(5-6-13)7(2)3/h7-9,13H,4-6,11H2,1-3H3,(H,12,14). The van der Waals surface area contributed by atoms with Crippen molar-refractivity contribution >= 4 is 5.91 Å². The smallest absolute Gasteiger partial charge is 0.237 e. The Morgan fingerprint density at radius 2 is 2.07 bits per heavy atom. The van der Waals surface area contributed by atoms with Crippen LogP contribution in [0.25, 0.3) is 0 Å². The lowest BCUT2D eigenvalue weighted by Crippen LogP contribution is -2.47. The van der Waals surface area contributed by atoms with Gasteiger partial charge in [0.05, 0.1) is 6.04 Å². The highest BCUT2D eigenvalue weighted by molar-refractivity contribution is 5.81. The molecule has 0 saturated carbocycles. The van der Waals surface area contributed by atoms with Crippen LogP contribution in [0.1, 0.15) is 33.6 Å². The molecule has 0 aromatic rings. The van der Waals surface area contributed by atoms with E-state index in [0.29, 0.717) is 18.8 Å². The number of rotatable bonds is 6. The van der Waals surface area contributed by atoms with Crippen LogP contribution in [0.15, 0.2) is 0 Å². The molecule has 0 radical (unpaired) electrons. The quantitative estimate of drug-likeness (QED) is 0.578. The molecule has 0 aliphatic rings. The lowest BCUT2D eigenvalue weighted by Gasteiger charge is -2.23. The van der Waals surface area contributed by atoms with Crippen molar-refractivity contribution in [2.45, 2.75) is 45.7 Å². The van der Waals surface area contributed by atoms with E-state index in [-0.39, 0.29) is 18.6 Å². The lowest BCUT2D eigenvalue weighted by molar-refractivity contribution is -0.123. The Hall–Kier alpha value is -0.610. The fourth-order valence-corrected chi connectivity index (χ4v) is 1.19. The number of hydrogen-bond donors (Lipinski definition) is 3. The lowest BCUT2D eigenvalue weighted by atomic mass is 10.0. The molecular formula is C10H22N2O2. The third kappa shape index (κ3) is 4.58. The van der Waals surface area contributed by atoms with Gasteiger partial charge in [-0.1, -0.05) is 20.8 Å². The first-order valence-corrected chi connectivity index (χ1v) is 5.19. The van der Waals surface area contributed by atoms with Crippen LogP contribution in [0.3, 0.4) is 0 Å². The monoisotopic (exact) mass is 202 g/mol. The number of aliphatic hydroxyl groups excluding tert-OH is 1. The third-order valence-corrected chi connectivity index (χ3v) is 2.35. The molecule has 0 heterocycles. The second kappa shape index (κ2) is 6.79. The first-order chi connectivity index (χ1) is 6.52. The summed E-state index contributed by atoms with van der Waals surface area (Å²) in [4.78, 5) is 11.4. The predicted molar refractivity (Wildman–Crippen MR) is 56.7 cm³/mol. The van der Waals surface area contributed by atoms with Gasteiger partial charge < -0.3 is 16.2 Å². The van der Waals surface area contributed by atoms with Gasteiger partial charge in [-0.15, -0.1) is 0 Å². The van der Waals surface area contributed by atoms with Gasteiger partial charge in [0.15, 0.2) is 0 Å². The molecule has 1 amide bonds. The van der Waals surface area contributed by atoms with Crippen molar-refractivity contribution in [1.29, 1.82) is 0 Å². The number of hydrogen-bond acceptors (Lipinski definition) is 3. The average Bonchev–Trinajstić information content (AvgIpc) is 2.15. The minimum Gasteiger partial charge on any atom is -0.396 e. The fraction of sp³-hybridized carbons (Fsp3) is 0.900. The Kier molecular flexibility index (Phi) is 6.49. The third-order valence-electron chi connectivity index (χ3n) is 2.35. The van der Waals surface area contributed by atoms with E-state index in [1.807, 2.05) is 20.8 Å². The van der Waals surface area contributed by atoms with Crippen LogP contribution in [0.5, 0.6) is 0 Å². The highest BCUT2D eigenvalue weighted by Gasteiger charge is 2.18. The van der Waals surface area contributed by atoms with Gasteiger partial charge in [0.25, 0.3) is 0 Å². The summed E-state index contributed by atoms with van der Waals surface area (Å²) in [6, 6.07) is -0.417. The first kappa shape index (κ1) is 13.4. The molecule has 0 aliphatic heterocycles. The fourth-order valence-electron chi connectivity index (χ4n) is 1.19. The van der Waals surface area contributed by atoms with Gasteiger partial charge in [0.1, 0.15) is 0 Å². The number of carbonyl (C=O) groups excluding carboxylic acids is 1. The Labute approximate surface area is 85.9 Å². The van der Waals surface area contributed by atoms with Crippen LogP contribution in [-0.4, -0.2) is 29.7 Å². The number of amides is 1. The molecule has 14 heavy (non-hydrogen) atoms. The summed E-state index contributed by atoms with van der Waals surface area (Å²) in [7, 11) is 0. The van der Waals surface area contributed by atoms with Crippen molar-refractivity contribution in [2.24, 2.45) is 11.7 Å². The molecule has 0 fully saturated rings. The normalized spacial score (nSPS) is 15.3. The Balaban J connectivity index is 4.08. The Morgan fingerprint density at radius 3 is 2.43 bits per heavy atom. The SMILES string of the molecule is CCC(N)C(=O)NC(CCO)C(C)C. The van der Waals surface area contributed by atoms with Gasteiger partial charge in [0, 0.05) is 12.6 Å². The predicted octanol–water partition coefficient (Wildman–Crippen LogP) is 0.247. The molecule has 0 aromatic carbocycles. The number of aliphatic hydroxyl groups is 1. The Morgan fingerprint density at radius 1 is 1.50 bits per heavy atom. The molecule has 0 saturated heterocycles. The van der Waals surface area contributed by atoms with E-state index in [4.69, 9.17) is 10.8 Å². The van der Waals surface area contributed by atoms with Crippen molar-refractivity contribution in [3.63, 3.8) is 0 Å². The van der Waals surface area contributed by atoms with Crippen molar-refractivity contribution in [3.8, 4) is 0 Å². The van der Waals surface area contributed by atoms with Crippen molar-refractivity contribution in [3.05, 3.63) is 0 Å². The first-order valence-electron chi connectivity index (χ1n) is 5.19. The van der Waals surface area contributed by atoms with Crippen molar-refractivity contribution in [1.82, 2.24) is 5.32 Å². The molecule has 0 aliphatic carbocycles. The van der Waals surface area contributed by atoms with E-state index in [1.165, 1.54) is 0 Å². The zero-order valence-electron chi connectivity index (χ0n) is 9.29. The summed E-state index contributed by atoms with van der Waals surface area (Å²) in [6.07, 6.45) is 1.22.